The van der Waals surface area contributed by atoms with Gasteiger partial charge in [0.15, 0.2) is 0 Å². The number of hydrogen-bond donors (Lipinski definition) is 1. The number of nitrogens with one attached hydrogen (secondary N) is 1. The number of halogens is 1. The van der Waals surface area contributed by atoms with Crippen molar-refractivity contribution in [2.45, 2.75) is 19.9 Å². The van der Waals surface area contributed by atoms with E-state index in [1.807, 2.05) is 42.1 Å². The molecular weight excluding hydrogens is 306 g/mol. The predicted molar refractivity (Wildman–Crippen MR) is 78.1 cm³/mol. The molecule has 0 saturated carbocycles. The minimum absolute atomic E-state index is 0.0314. The third kappa shape index (κ3) is 3.92. The first-order valence-electron chi connectivity index (χ1n) is 6.18. The molecular formula is C14H16BrN3O. The van der Waals surface area contributed by atoms with Crippen LogP contribution in [0, 0.1) is 6.92 Å². The fourth-order valence-electron chi connectivity index (χ4n) is 1.76. The molecule has 0 aliphatic carbocycles. The van der Waals surface area contributed by atoms with Crippen molar-refractivity contribution >= 4 is 21.8 Å². The summed E-state index contributed by atoms with van der Waals surface area (Å²) < 4.78 is 2.87. The van der Waals surface area contributed by atoms with Crippen molar-refractivity contribution < 1.29 is 4.79 Å². The largest absolute Gasteiger partial charge is 0.352 e. The molecule has 1 heterocycles. The number of rotatable bonds is 5. The summed E-state index contributed by atoms with van der Waals surface area (Å²) in [6.07, 6.45) is 4.53. The number of carbonyl (C=O) groups is 1. The zero-order valence-electron chi connectivity index (χ0n) is 10.8. The van der Waals surface area contributed by atoms with Crippen molar-refractivity contribution in [3.8, 4) is 0 Å². The summed E-state index contributed by atoms with van der Waals surface area (Å²) in [4.78, 5) is 11.9. The summed E-state index contributed by atoms with van der Waals surface area (Å²) in [5, 5.41) is 7.02. The Hall–Kier alpha value is -1.62. The molecule has 0 aliphatic heterocycles. The van der Waals surface area contributed by atoms with E-state index in [1.54, 1.807) is 6.20 Å². The Morgan fingerprint density at radius 3 is 3.00 bits per heavy atom. The van der Waals surface area contributed by atoms with Crippen LogP contribution >= 0.6 is 15.9 Å². The Kier molecular flexibility index (Phi) is 4.74. The average Bonchev–Trinajstić information content (AvgIpc) is 2.91. The maximum absolute atomic E-state index is 11.9. The molecule has 0 saturated heterocycles. The van der Waals surface area contributed by atoms with Crippen LogP contribution in [0.2, 0.25) is 0 Å². The predicted octanol–water partition coefficient (Wildman–Crippen LogP) is 2.77. The van der Waals surface area contributed by atoms with Crippen molar-refractivity contribution in [2.75, 3.05) is 6.54 Å². The van der Waals surface area contributed by atoms with Crippen LogP contribution in [0.3, 0.4) is 0 Å². The number of nitrogens with zero attached hydrogens (tertiary/aromatic N) is 2. The molecule has 1 amide bonds. The van der Waals surface area contributed by atoms with Crippen molar-refractivity contribution in [1.29, 1.82) is 0 Å². The van der Waals surface area contributed by atoms with E-state index < -0.39 is 0 Å². The lowest BCUT2D eigenvalue weighted by Crippen LogP contribution is -2.25. The molecule has 0 unspecified atom stereocenters. The molecule has 1 N–H and O–H groups in total. The number of carbonyl (C=O) groups excluding carboxylic acids is 1. The Balaban J connectivity index is 1.79. The van der Waals surface area contributed by atoms with Gasteiger partial charge in [0.05, 0.1) is 0 Å². The van der Waals surface area contributed by atoms with Gasteiger partial charge in [0.2, 0.25) is 0 Å². The summed E-state index contributed by atoms with van der Waals surface area (Å²) in [5.41, 5.74) is 1.75. The van der Waals surface area contributed by atoms with Crippen LogP contribution in [0.15, 0.2) is 41.1 Å². The highest BCUT2D eigenvalue weighted by Gasteiger charge is 2.06. The number of aromatic nitrogens is 2. The van der Waals surface area contributed by atoms with Crippen LogP contribution < -0.4 is 5.32 Å². The van der Waals surface area contributed by atoms with Crippen LogP contribution in [0.1, 0.15) is 22.3 Å². The second-order valence-electron chi connectivity index (χ2n) is 4.34. The van der Waals surface area contributed by atoms with Gasteiger partial charge in [-0.1, -0.05) is 15.9 Å². The molecule has 0 aliphatic rings. The van der Waals surface area contributed by atoms with E-state index in [1.165, 1.54) is 0 Å². The van der Waals surface area contributed by atoms with Gasteiger partial charge in [0.25, 0.3) is 5.91 Å². The third-order valence-corrected chi connectivity index (χ3v) is 3.72. The van der Waals surface area contributed by atoms with Gasteiger partial charge in [-0.3, -0.25) is 9.48 Å². The fourth-order valence-corrected chi connectivity index (χ4v) is 2.01. The van der Waals surface area contributed by atoms with Crippen LogP contribution in [0.5, 0.6) is 0 Å². The van der Waals surface area contributed by atoms with E-state index in [2.05, 4.69) is 26.3 Å². The standard InChI is InChI=1S/C14H16BrN3O/c1-11-10-12(4-5-13(11)15)14(19)16-6-2-8-18-9-3-7-17-18/h3-5,7,9-10H,2,6,8H2,1H3,(H,16,19). The highest BCUT2D eigenvalue weighted by atomic mass is 79.9. The first-order valence-corrected chi connectivity index (χ1v) is 6.98. The highest BCUT2D eigenvalue weighted by molar-refractivity contribution is 9.10. The molecule has 0 radical (unpaired) electrons. The van der Waals surface area contributed by atoms with Crippen molar-refractivity contribution in [1.82, 2.24) is 15.1 Å². The van der Waals surface area contributed by atoms with E-state index >= 15 is 0 Å². The number of amides is 1. The lowest BCUT2D eigenvalue weighted by atomic mass is 10.1. The van der Waals surface area contributed by atoms with Crippen molar-refractivity contribution in [3.05, 3.63) is 52.3 Å². The third-order valence-electron chi connectivity index (χ3n) is 2.83. The summed E-state index contributed by atoms with van der Waals surface area (Å²) in [6.45, 7) is 3.43. The molecule has 1 aromatic heterocycles. The van der Waals surface area contributed by atoms with Gasteiger partial charge in [-0.05, 0) is 43.2 Å². The number of aryl methyl sites for hydroxylation is 2. The van der Waals surface area contributed by atoms with Crippen LogP contribution in [0.4, 0.5) is 0 Å². The van der Waals surface area contributed by atoms with Gasteiger partial charge in [-0.25, -0.2) is 0 Å². The van der Waals surface area contributed by atoms with Crippen LogP contribution in [0.25, 0.3) is 0 Å². The molecule has 0 fully saturated rings. The molecule has 100 valence electrons. The molecule has 5 heteroatoms. The van der Waals surface area contributed by atoms with Gasteiger partial charge < -0.3 is 5.32 Å². The summed E-state index contributed by atoms with van der Waals surface area (Å²) in [6, 6.07) is 7.49. The molecule has 0 bridgehead atoms. The Morgan fingerprint density at radius 1 is 1.47 bits per heavy atom. The lowest BCUT2D eigenvalue weighted by Gasteiger charge is -2.07. The van der Waals surface area contributed by atoms with Crippen molar-refractivity contribution in [2.24, 2.45) is 0 Å². The van der Waals surface area contributed by atoms with Gasteiger partial charge in [-0.15, -0.1) is 0 Å². The van der Waals surface area contributed by atoms with Gasteiger partial charge in [0, 0.05) is 35.5 Å². The Labute approximate surface area is 120 Å². The van der Waals surface area contributed by atoms with Gasteiger partial charge in [0.1, 0.15) is 0 Å². The van der Waals surface area contributed by atoms with Crippen molar-refractivity contribution in [3.63, 3.8) is 0 Å². The minimum Gasteiger partial charge on any atom is -0.352 e. The highest BCUT2D eigenvalue weighted by Crippen LogP contribution is 2.16. The normalized spacial score (nSPS) is 10.4. The minimum atomic E-state index is -0.0314. The first kappa shape index (κ1) is 13.8. The molecule has 0 atom stereocenters. The summed E-state index contributed by atoms with van der Waals surface area (Å²) >= 11 is 3.42. The topological polar surface area (TPSA) is 46.9 Å². The van der Waals surface area contributed by atoms with E-state index in [-0.39, 0.29) is 5.91 Å². The summed E-state index contributed by atoms with van der Waals surface area (Å²) in [5.74, 6) is -0.0314. The monoisotopic (exact) mass is 321 g/mol. The van der Waals surface area contributed by atoms with E-state index in [0.717, 1.165) is 23.0 Å². The maximum atomic E-state index is 11.9. The number of benzene rings is 1. The zero-order chi connectivity index (χ0) is 13.7. The SMILES string of the molecule is Cc1cc(C(=O)NCCCn2cccn2)ccc1Br. The molecule has 19 heavy (non-hydrogen) atoms. The molecule has 2 aromatic rings. The molecule has 2 rings (SSSR count). The zero-order valence-corrected chi connectivity index (χ0v) is 12.4. The lowest BCUT2D eigenvalue weighted by molar-refractivity contribution is 0.0952. The molecule has 1 aromatic carbocycles. The van der Waals surface area contributed by atoms with Gasteiger partial charge in [-0.2, -0.15) is 5.10 Å². The van der Waals surface area contributed by atoms with E-state index in [4.69, 9.17) is 0 Å². The Bertz CT molecular complexity index is 552. The fraction of sp³-hybridized carbons (Fsp3) is 0.286. The smallest absolute Gasteiger partial charge is 0.251 e. The van der Waals surface area contributed by atoms with Crippen LogP contribution in [-0.2, 0) is 6.54 Å². The first-order chi connectivity index (χ1) is 9.16. The maximum Gasteiger partial charge on any atom is 0.251 e. The quantitative estimate of drug-likeness (QED) is 0.861. The molecule has 4 nitrogen and oxygen atoms in total. The average molecular weight is 322 g/mol. The second kappa shape index (κ2) is 6.52. The summed E-state index contributed by atoms with van der Waals surface area (Å²) in [7, 11) is 0. The Morgan fingerprint density at radius 2 is 2.32 bits per heavy atom. The number of hydrogen-bond acceptors (Lipinski definition) is 2. The van der Waals surface area contributed by atoms with E-state index in [9.17, 15) is 4.79 Å². The second-order valence-corrected chi connectivity index (χ2v) is 5.20. The van der Waals surface area contributed by atoms with E-state index in [0.29, 0.717) is 12.1 Å². The van der Waals surface area contributed by atoms with Crippen LogP contribution in [-0.4, -0.2) is 22.2 Å². The molecule has 0 spiro atoms. The van der Waals surface area contributed by atoms with Gasteiger partial charge >= 0.3 is 0 Å².